The lowest BCUT2D eigenvalue weighted by molar-refractivity contribution is -0.145. The fourth-order valence-corrected chi connectivity index (χ4v) is 1.12. The highest BCUT2D eigenvalue weighted by atomic mass is 16.4. The van der Waals surface area contributed by atoms with Crippen LogP contribution in [0.25, 0.3) is 0 Å². The molecule has 0 saturated heterocycles. The number of carboxylic acid groups (broad SMARTS) is 2. The van der Waals surface area contributed by atoms with Gasteiger partial charge in [0, 0.05) is 0 Å². The van der Waals surface area contributed by atoms with Crippen LogP contribution in [-0.4, -0.2) is 39.1 Å². The highest BCUT2D eigenvalue weighted by Gasteiger charge is 2.25. The van der Waals surface area contributed by atoms with Crippen molar-refractivity contribution in [2.24, 2.45) is 0 Å². The van der Waals surface area contributed by atoms with Crippen molar-refractivity contribution in [2.45, 2.75) is 19.4 Å². The Labute approximate surface area is 95.3 Å². The van der Waals surface area contributed by atoms with Crippen LogP contribution in [0.2, 0.25) is 0 Å². The molecule has 0 saturated carbocycles. The minimum atomic E-state index is -1.51. The first-order valence-corrected chi connectivity index (χ1v) is 4.57. The summed E-state index contributed by atoms with van der Waals surface area (Å²) in [6.07, 6.45) is 0.325. The zero-order valence-corrected chi connectivity index (χ0v) is 8.84. The van der Waals surface area contributed by atoms with E-state index < -0.39 is 30.3 Å². The number of amides is 1. The lowest BCUT2D eigenvalue weighted by Crippen LogP contribution is -2.42. The Morgan fingerprint density at radius 1 is 1.47 bits per heavy atom. The maximum Gasteiger partial charge on any atom is 0.326 e. The van der Waals surface area contributed by atoms with E-state index >= 15 is 0 Å². The molecule has 1 heterocycles. The number of hydrogen-bond acceptors (Lipinski definition) is 5. The third-order valence-corrected chi connectivity index (χ3v) is 1.93. The molecule has 1 atom stereocenters. The Hall–Kier alpha value is -2.38. The molecule has 17 heavy (non-hydrogen) atoms. The van der Waals surface area contributed by atoms with E-state index in [9.17, 15) is 14.4 Å². The Bertz CT molecular complexity index is 452. The highest BCUT2D eigenvalue weighted by Crippen LogP contribution is 2.05. The fourth-order valence-electron chi connectivity index (χ4n) is 1.12. The molecule has 0 aliphatic carbocycles. The molecule has 1 unspecified atom stereocenters. The second-order valence-electron chi connectivity index (χ2n) is 3.23. The molecule has 0 spiro atoms. The van der Waals surface area contributed by atoms with Gasteiger partial charge in [-0.3, -0.25) is 9.59 Å². The standard InChI is InChI=1S/C9H10N2O6/c1-4-7(17-3-10-4)8(14)11-5(9(15)16)2-6(12)13/h3,5H,2H2,1H3,(H,11,14)(H,12,13)(H,15,16). The number of carbonyl (C=O) groups is 3. The summed E-state index contributed by atoms with van der Waals surface area (Å²) in [4.78, 5) is 36.3. The molecule has 3 N–H and O–H groups in total. The van der Waals surface area contributed by atoms with Gasteiger partial charge in [0.1, 0.15) is 6.04 Å². The molecular formula is C9H10N2O6. The molecule has 0 aliphatic heterocycles. The van der Waals surface area contributed by atoms with Crippen molar-refractivity contribution in [1.82, 2.24) is 10.3 Å². The minimum absolute atomic E-state index is 0.137. The molecule has 0 aromatic carbocycles. The predicted molar refractivity (Wildman–Crippen MR) is 52.4 cm³/mol. The van der Waals surface area contributed by atoms with Gasteiger partial charge in [-0.05, 0) is 6.92 Å². The largest absolute Gasteiger partial charge is 0.481 e. The summed E-state index contributed by atoms with van der Waals surface area (Å²) in [5.74, 6) is -3.71. The van der Waals surface area contributed by atoms with Crippen molar-refractivity contribution in [3.05, 3.63) is 17.8 Å². The number of hydrogen-bond donors (Lipinski definition) is 3. The van der Waals surface area contributed by atoms with Crippen LogP contribution in [0.1, 0.15) is 22.7 Å². The molecule has 1 amide bonds. The third-order valence-electron chi connectivity index (χ3n) is 1.93. The number of nitrogens with one attached hydrogen (secondary N) is 1. The van der Waals surface area contributed by atoms with Gasteiger partial charge in [0.05, 0.1) is 12.1 Å². The number of aliphatic carboxylic acids is 2. The molecule has 0 fully saturated rings. The summed E-state index contributed by atoms with van der Waals surface area (Å²) in [5.41, 5.74) is 0.293. The number of nitrogens with zero attached hydrogens (tertiary/aromatic N) is 1. The lowest BCUT2D eigenvalue weighted by Gasteiger charge is -2.10. The van der Waals surface area contributed by atoms with E-state index in [1.165, 1.54) is 6.92 Å². The van der Waals surface area contributed by atoms with E-state index in [1.807, 2.05) is 5.32 Å². The molecule has 0 aliphatic rings. The summed E-state index contributed by atoms with van der Waals surface area (Å²) in [6.45, 7) is 1.51. The second kappa shape index (κ2) is 5.10. The summed E-state index contributed by atoms with van der Waals surface area (Å²) in [7, 11) is 0. The quantitative estimate of drug-likeness (QED) is 0.642. The molecule has 1 aromatic heterocycles. The van der Waals surface area contributed by atoms with Gasteiger partial charge in [0.25, 0.3) is 5.91 Å². The molecule has 92 valence electrons. The van der Waals surface area contributed by atoms with Crippen LogP contribution >= 0.6 is 0 Å². The number of rotatable bonds is 5. The molecule has 1 aromatic rings. The maximum atomic E-state index is 11.5. The third kappa shape index (κ3) is 3.30. The van der Waals surface area contributed by atoms with Gasteiger partial charge in [0.15, 0.2) is 6.39 Å². The van der Waals surface area contributed by atoms with Crippen molar-refractivity contribution < 1.29 is 29.0 Å². The highest BCUT2D eigenvalue weighted by molar-refractivity contribution is 5.95. The number of carbonyl (C=O) groups excluding carboxylic acids is 1. The summed E-state index contributed by atoms with van der Waals surface area (Å²) >= 11 is 0. The molecule has 1 rings (SSSR count). The SMILES string of the molecule is Cc1ncoc1C(=O)NC(CC(=O)O)C(=O)O. The van der Waals surface area contributed by atoms with Crippen LogP contribution in [0.15, 0.2) is 10.8 Å². The normalized spacial score (nSPS) is 11.8. The van der Waals surface area contributed by atoms with E-state index in [4.69, 9.17) is 14.6 Å². The van der Waals surface area contributed by atoms with Gasteiger partial charge in [-0.15, -0.1) is 0 Å². The number of aryl methyl sites for hydroxylation is 1. The molecular weight excluding hydrogens is 232 g/mol. The molecule has 0 bridgehead atoms. The van der Waals surface area contributed by atoms with Crippen molar-refractivity contribution in [3.63, 3.8) is 0 Å². The average molecular weight is 242 g/mol. The monoisotopic (exact) mass is 242 g/mol. The van der Waals surface area contributed by atoms with E-state index in [0.29, 0.717) is 5.69 Å². The first kappa shape index (κ1) is 12.7. The van der Waals surface area contributed by atoms with Crippen LogP contribution in [0, 0.1) is 6.92 Å². The smallest absolute Gasteiger partial charge is 0.326 e. The van der Waals surface area contributed by atoms with Crippen LogP contribution in [-0.2, 0) is 9.59 Å². The minimum Gasteiger partial charge on any atom is -0.481 e. The van der Waals surface area contributed by atoms with Crippen LogP contribution < -0.4 is 5.32 Å². The summed E-state index contributed by atoms with van der Waals surface area (Å²) < 4.78 is 4.75. The van der Waals surface area contributed by atoms with Crippen molar-refractivity contribution in [2.75, 3.05) is 0 Å². The molecule has 8 heteroatoms. The van der Waals surface area contributed by atoms with Gasteiger partial charge in [-0.25, -0.2) is 9.78 Å². The molecule has 8 nitrogen and oxygen atoms in total. The zero-order valence-electron chi connectivity index (χ0n) is 8.84. The van der Waals surface area contributed by atoms with E-state index in [2.05, 4.69) is 4.98 Å². The topological polar surface area (TPSA) is 130 Å². The Morgan fingerprint density at radius 3 is 2.53 bits per heavy atom. The van der Waals surface area contributed by atoms with Gasteiger partial charge in [0.2, 0.25) is 5.76 Å². The van der Waals surface area contributed by atoms with Gasteiger partial charge in [-0.2, -0.15) is 0 Å². The van der Waals surface area contributed by atoms with Crippen LogP contribution in [0.5, 0.6) is 0 Å². The van der Waals surface area contributed by atoms with E-state index in [-0.39, 0.29) is 5.76 Å². The van der Waals surface area contributed by atoms with Crippen LogP contribution in [0.4, 0.5) is 0 Å². The zero-order chi connectivity index (χ0) is 13.0. The Kier molecular flexibility index (Phi) is 3.81. The van der Waals surface area contributed by atoms with E-state index in [1.54, 1.807) is 0 Å². The van der Waals surface area contributed by atoms with E-state index in [0.717, 1.165) is 6.39 Å². The van der Waals surface area contributed by atoms with Crippen molar-refractivity contribution in [3.8, 4) is 0 Å². The predicted octanol–water partition coefficient (Wildman–Crippen LogP) is -0.359. The average Bonchev–Trinajstić information content (AvgIpc) is 2.62. The summed E-state index contributed by atoms with van der Waals surface area (Å²) in [5, 5.41) is 19.2. The number of aromatic nitrogens is 1. The number of oxazole rings is 1. The second-order valence-corrected chi connectivity index (χ2v) is 3.23. The molecule has 0 radical (unpaired) electrons. The van der Waals surface area contributed by atoms with Gasteiger partial charge < -0.3 is 19.9 Å². The Balaban J connectivity index is 2.74. The Morgan fingerprint density at radius 2 is 2.12 bits per heavy atom. The van der Waals surface area contributed by atoms with Crippen molar-refractivity contribution >= 4 is 17.8 Å². The van der Waals surface area contributed by atoms with Crippen molar-refractivity contribution in [1.29, 1.82) is 0 Å². The first-order valence-electron chi connectivity index (χ1n) is 4.57. The first-order chi connectivity index (χ1) is 7.91. The summed E-state index contributed by atoms with van der Waals surface area (Å²) in [6, 6.07) is -1.51. The van der Waals surface area contributed by atoms with Gasteiger partial charge >= 0.3 is 11.9 Å². The lowest BCUT2D eigenvalue weighted by atomic mass is 10.2. The van der Waals surface area contributed by atoms with Crippen LogP contribution in [0.3, 0.4) is 0 Å². The maximum absolute atomic E-state index is 11.5. The van der Waals surface area contributed by atoms with Gasteiger partial charge in [-0.1, -0.05) is 0 Å². The fraction of sp³-hybridized carbons (Fsp3) is 0.333. The number of carboxylic acids is 2.